The molecular formula is C42H62N4O10. The lowest BCUT2D eigenvalue weighted by Crippen LogP contribution is -2.48. The molecule has 0 aliphatic carbocycles. The summed E-state index contributed by atoms with van der Waals surface area (Å²) in [6.07, 6.45) is 5.33. The van der Waals surface area contributed by atoms with Crippen molar-refractivity contribution in [3.63, 3.8) is 0 Å². The number of amides is 4. The molecule has 3 N–H and O–H groups in total. The summed E-state index contributed by atoms with van der Waals surface area (Å²) in [6, 6.07) is 14.7. The molecule has 0 aromatic heterocycles. The number of benzene rings is 2. The number of fused-ring (bicyclic) bond motifs is 2. The minimum atomic E-state index is -0.935. The Kier molecular flexibility index (Phi) is 19.8. The Hall–Kier alpha value is -4.50. The Morgan fingerprint density at radius 1 is 0.732 bits per heavy atom. The van der Waals surface area contributed by atoms with Crippen LogP contribution in [0.2, 0.25) is 0 Å². The molecule has 2 aromatic carbocycles. The minimum Gasteiger partial charge on any atom is -0.449 e. The van der Waals surface area contributed by atoms with Gasteiger partial charge in [-0.25, -0.2) is 9.59 Å². The monoisotopic (exact) mass is 782 g/mol. The number of anilines is 1. The molecule has 0 spiro atoms. The van der Waals surface area contributed by atoms with Crippen molar-refractivity contribution in [1.29, 1.82) is 0 Å². The average molecular weight is 783 g/mol. The number of carbonyl (C=O) groups excluding carboxylic acids is 4. The molecule has 0 saturated heterocycles. The fraction of sp³-hybridized carbons (Fsp3) is 0.571. The molecule has 0 unspecified atom stereocenters. The van der Waals surface area contributed by atoms with Gasteiger partial charge >= 0.3 is 12.2 Å². The zero-order valence-corrected chi connectivity index (χ0v) is 34.0. The van der Waals surface area contributed by atoms with Crippen LogP contribution in [0.1, 0.15) is 82.9 Å². The first-order chi connectivity index (χ1) is 26.8. The van der Waals surface area contributed by atoms with Crippen LogP contribution in [-0.4, -0.2) is 108 Å². The first-order valence-corrected chi connectivity index (χ1v) is 19.4. The largest absolute Gasteiger partial charge is 0.449 e. The molecule has 1 aliphatic rings. The molecule has 3 rings (SSSR count). The van der Waals surface area contributed by atoms with Crippen LogP contribution >= 0.6 is 0 Å². The van der Waals surface area contributed by atoms with Gasteiger partial charge < -0.3 is 49.3 Å². The van der Waals surface area contributed by atoms with Crippen LogP contribution in [0.25, 0.3) is 12.2 Å². The third kappa shape index (κ3) is 17.1. The number of alkyl carbamates (subject to hydrolysis) is 2. The highest BCUT2D eigenvalue weighted by molar-refractivity contribution is 5.97. The number of rotatable bonds is 24. The van der Waals surface area contributed by atoms with Gasteiger partial charge in [-0.05, 0) is 76.1 Å². The molecule has 1 heterocycles. The van der Waals surface area contributed by atoms with Crippen LogP contribution < -0.4 is 20.9 Å². The van der Waals surface area contributed by atoms with E-state index in [0.29, 0.717) is 52.2 Å². The number of hydrogen-bond donors (Lipinski definition) is 3. The maximum Gasteiger partial charge on any atom is 0.407 e. The number of methoxy groups -OCH3 is 2. The summed E-state index contributed by atoms with van der Waals surface area (Å²) in [5, 5.41) is 8.19. The molecule has 56 heavy (non-hydrogen) atoms. The van der Waals surface area contributed by atoms with Gasteiger partial charge in [0.05, 0.1) is 56.5 Å². The van der Waals surface area contributed by atoms with Crippen LogP contribution in [-0.2, 0) is 44.6 Å². The SMILES string of the molecule is COCCOCCOC(=O)N[C@@H](CCCCNC(=O)OCCC(C)(C)OCCC(C)(C)OC)C(=O)NCCC(=O)N1Cc2ccccc2/C=C\c2ccccc21. The topological polar surface area (TPSA) is 163 Å². The summed E-state index contributed by atoms with van der Waals surface area (Å²) in [5.74, 6) is -0.601. The van der Waals surface area contributed by atoms with E-state index in [9.17, 15) is 19.2 Å². The zero-order chi connectivity index (χ0) is 40.8. The molecule has 2 aromatic rings. The van der Waals surface area contributed by atoms with E-state index in [1.54, 1.807) is 19.1 Å². The lowest BCUT2D eigenvalue weighted by Gasteiger charge is -2.28. The van der Waals surface area contributed by atoms with Gasteiger partial charge in [-0.15, -0.1) is 0 Å². The van der Waals surface area contributed by atoms with Crippen molar-refractivity contribution in [3.8, 4) is 0 Å². The maximum atomic E-state index is 13.7. The average Bonchev–Trinajstić information content (AvgIpc) is 3.16. The van der Waals surface area contributed by atoms with Gasteiger partial charge in [-0.2, -0.15) is 0 Å². The van der Waals surface area contributed by atoms with Crippen molar-refractivity contribution < 1.29 is 47.6 Å². The molecule has 1 aliphatic heterocycles. The maximum absolute atomic E-state index is 13.7. The Balaban J connectivity index is 1.48. The molecule has 0 fully saturated rings. The normalized spacial score (nSPS) is 13.6. The van der Waals surface area contributed by atoms with Gasteiger partial charge in [0.25, 0.3) is 0 Å². The highest BCUT2D eigenvalue weighted by atomic mass is 16.6. The van der Waals surface area contributed by atoms with Crippen molar-refractivity contribution in [2.45, 2.75) is 90.0 Å². The standard InChI is InChI=1S/C42H62N4O10/c1-41(2,52-6)22-26-56-42(3,4)21-25-54-39(49)44-23-12-11-16-35(45-40(50)55-30-29-53-28-27-51-5)38(48)43-24-20-37(47)46-31-34-15-8-7-13-32(34)18-19-33-14-9-10-17-36(33)46/h7-10,13-15,17-19,35H,11-12,16,20-31H2,1-6H3,(H,43,48)(H,44,49)(H,45,50)/b19-18-/t35-/m0/s1. The number of para-hydroxylation sites is 1. The third-order valence-corrected chi connectivity index (χ3v) is 9.37. The zero-order valence-electron chi connectivity index (χ0n) is 34.0. The van der Waals surface area contributed by atoms with Crippen LogP contribution in [0.4, 0.5) is 15.3 Å². The van der Waals surface area contributed by atoms with Crippen LogP contribution in [0, 0.1) is 0 Å². The van der Waals surface area contributed by atoms with Crippen molar-refractivity contribution in [1.82, 2.24) is 16.0 Å². The van der Waals surface area contributed by atoms with Gasteiger partial charge in [0.1, 0.15) is 12.6 Å². The summed E-state index contributed by atoms with van der Waals surface area (Å²) in [6.45, 7) is 10.3. The minimum absolute atomic E-state index is 0.00461. The van der Waals surface area contributed by atoms with Crippen molar-refractivity contribution >= 4 is 41.8 Å². The molecule has 0 saturated carbocycles. The lowest BCUT2D eigenvalue weighted by molar-refractivity contribution is -0.123. The lowest BCUT2D eigenvalue weighted by atomic mass is 10.0. The van der Waals surface area contributed by atoms with E-state index in [2.05, 4.69) is 22.0 Å². The van der Waals surface area contributed by atoms with Crippen LogP contribution in [0.5, 0.6) is 0 Å². The van der Waals surface area contributed by atoms with Gasteiger partial charge in [-0.1, -0.05) is 54.6 Å². The number of unbranched alkanes of at least 4 members (excludes halogenated alkanes) is 1. The fourth-order valence-electron chi connectivity index (χ4n) is 5.67. The van der Waals surface area contributed by atoms with E-state index in [4.69, 9.17) is 28.4 Å². The summed E-state index contributed by atoms with van der Waals surface area (Å²) < 4.78 is 32.2. The number of carbonyl (C=O) groups is 4. The van der Waals surface area contributed by atoms with Crippen molar-refractivity contribution in [2.24, 2.45) is 0 Å². The van der Waals surface area contributed by atoms with Gasteiger partial charge in [-0.3, -0.25) is 9.59 Å². The van der Waals surface area contributed by atoms with E-state index >= 15 is 0 Å². The second-order valence-corrected chi connectivity index (χ2v) is 14.7. The summed E-state index contributed by atoms with van der Waals surface area (Å²) in [5.41, 5.74) is 3.00. The Labute approximate surface area is 331 Å². The van der Waals surface area contributed by atoms with Crippen LogP contribution in [0.3, 0.4) is 0 Å². The summed E-state index contributed by atoms with van der Waals surface area (Å²) >= 11 is 0. The van der Waals surface area contributed by atoms with E-state index in [0.717, 1.165) is 28.8 Å². The molecule has 1 atom stereocenters. The number of nitrogens with one attached hydrogen (secondary N) is 3. The number of hydrogen-bond acceptors (Lipinski definition) is 10. The Morgan fingerprint density at radius 3 is 2.18 bits per heavy atom. The van der Waals surface area contributed by atoms with E-state index in [-0.39, 0.29) is 50.7 Å². The number of ether oxygens (including phenoxy) is 6. The first kappa shape index (κ1) is 45.9. The number of nitrogens with zero attached hydrogens (tertiary/aromatic N) is 1. The van der Waals surface area contributed by atoms with Crippen molar-refractivity contribution in [2.75, 3.05) is 71.9 Å². The molecule has 4 amide bonds. The quantitative estimate of drug-likeness (QED) is 0.110. The highest BCUT2D eigenvalue weighted by Crippen LogP contribution is 2.29. The molecule has 0 radical (unpaired) electrons. The van der Waals surface area contributed by atoms with Gasteiger partial charge in [0.15, 0.2) is 0 Å². The summed E-state index contributed by atoms with van der Waals surface area (Å²) in [4.78, 5) is 53.7. The summed E-state index contributed by atoms with van der Waals surface area (Å²) in [7, 11) is 3.24. The predicted molar refractivity (Wildman–Crippen MR) is 215 cm³/mol. The second kappa shape index (κ2) is 24.2. The Bertz CT molecular complexity index is 1560. The van der Waals surface area contributed by atoms with Gasteiger partial charge in [0, 0.05) is 40.2 Å². The van der Waals surface area contributed by atoms with E-state index in [1.165, 1.54) is 0 Å². The van der Waals surface area contributed by atoms with E-state index < -0.39 is 29.7 Å². The predicted octanol–water partition coefficient (Wildman–Crippen LogP) is 5.86. The van der Waals surface area contributed by atoms with Gasteiger partial charge in [0.2, 0.25) is 11.8 Å². The fourth-order valence-corrected chi connectivity index (χ4v) is 5.67. The molecule has 310 valence electrons. The van der Waals surface area contributed by atoms with Crippen molar-refractivity contribution in [3.05, 3.63) is 65.2 Å². The molecule has 14 heteroatoms. The van der Waals surface area contributed by atoms with E-state index in [1.807, 2.05) is 82.3 Å². The molecule has 14 nitrogen and oxygen atoms in total. The third-order valence-electron chi connectivity index (χ3n) is 9.37. The molecule has 0 bridgehead atoms. The van der Waals surface area contributed by atoms with Crippen LogP contribution in [0.15, 0.2) is 48.5 Å². The molecular weight excluding hydrogens is 720 g/mol. The smallest absolute Gasteiger partial charge is 0.407 e. The second-order valence-electron chi connectivity index (χ2n) is 14.7. The Morgan fingerprint density at radius 2 is 1.41 bits per heavy atom. The first-order valence-electron chi connectivity index (χ1n) is 19.4. The highest BCUT2D eigenvalue weighted by Gasteiger charge is 2.25.